The van der Waals surface area contributed by atoms with Gasteiger partial charge in [-0.2, -0.15) is 0 Å². The summed E-state index contributed by atoms with van der Waals surface area (Å²) in [6.07, 6.45) is 4.66. The maximum absolute atomic E-state index is 11.8. The van der Waals surface area contributed by atoms with E-state index in [-0.39, 0.29) is 28.7 Å². The molecule has 0 saturated carbocycles. The van der Waals surface area contributed by atoms with Crippen LogP contribution in [0.25, 0.3) is 0 Å². The summed E-state index contributed by atoms with van der Waals surface area (Å²) in [7, 11) is 0. The average Bonchev–Trinajstić information content (AvgIpc) is 2.60. The van der Waals surface area contributed by atoms with Crippen LogP contribution in [-0.4, -0.2) is 34.9 Å². The highest BCUT2D eigenvalue weighted by Crippen LogP contribution is 2.57. The summed E-state index contributed by atoms with van der Waals surface area (Å²) in [5, 5.41) is 11.2. The molecule has 2 aliphatic rings. The van der Waals surface area contributed by atoms with Crippen molar-refractivity contribution in [1.82, 2.24) is 0 Å². The highest BCUT2D eigenvalue weighted by atomic mass is 16.6. The quantitative estimate of drug-likeness (QED) is 0.510. The zero-order valence-electron chi connectivity index (χ0n) is 19.1. The number of hydrogen-bond donors (Lipinski definition) is 1. The SMILES string of the molecule is C=CC(C)(CC[C@@]1(C)C2=C([C@H](O)[C@H](OC(C)=O)[C@H]1C)C(C)(C)CCC2)OC(C)=O. The smallest absolute Gasteiger partial charge is 0.303 e. The van der Waals surface area contributed by atoms with Gasteiger partial charge in [0.25, 0.3) is 0 Å². The molecule has 5 nitrogen and oxygen atoms in total. The highest BCUT2D eigenvalue weighted by Gasteiger charge is 2.53. The fourth-order valence-electron chi connectivity index (χ4n) is 5.40. The Morgan fingerprint density at radius 1 is 1.28 bits per heavy atom. The van der Waals surface area contributed by atoms with Crippen LogP contribution < -0.4 is 0 Å². The second-order valence-electron chi connectivity index (χ2n) is 9.97. The lowest BCUT2D eigenvalue weighted by Gasteiger charge is -2.54. The number of rotatable bonds is 6. The van der Waals surface area contributed by atoms with Gasteiger partial charge in [0.15, 0.2) is 0 Å². The molecule has 2 rings (SSSR count). The lowest BCUT2D eigenvalue weighted by molar-refractivity contribution is -0.162. The minimum absolute atomic E-state index is 0.0690. The van der Waals surface area contributed by atoms with Gasteiger partial charge in [-0.3, -0.25) is 9.59 Å². The van der Waals surface area contributed by atoms with E-state index < -0.39 is 17.8 Å². The van der Waals surface area contributed by atoms with Gasteiger partial charge in [-0.25, -0.2) is 0 Å². The third-order valence-corrected chi connectivity index (χ3v) is 7.33. The number of ether oxygens (including phenoxy) is 2. The Kier molecular flexibility index (Phi) is 6.73. The Bertz CT molecular complexity index is 706. The third-order valence-electron chi connectivity index (χ3n) is 7.33. The van der Waals surface area contributed by atoms with Gasteiger partial charge in [-0.15, -0.1) is 0 Å². The number of hydrogen-bond acceptors (Lipinski definition) is 5. The van der Waals surface area contributed by atoms with E-state index in [1.807, 2.05) is 6.92 Å². The third kappa shape index (κ3) is 4.60. The first-order chi connectivity index (χ1) is 13.3. The fraction of sp³-hybridized carbons (Fsp3) is 0.750. The molecule has 29 heavy (non-hydrogen) atoms. The van der Waals surface area contributed by atoms with E-state index in [2.05, 4.69) is 34.3 Å². The molecule has 0 radical (unpaired) electrons. The van der Waals surface area contributed by atoms with Crippen molar-refractivity contribution < 1.29 is 24.2 Å². The Morgan fingerprint density at radius 2 is 1.90 bits per heavy atom. The van der Waals surface area contributed by atoms with Gasteiger partial charge in [0, 0.05) is 19.8 Å². The van der Waals surface area contributed by atoms with E-state index in [1.165, 1.54) is 19.4 Å². The van der Waals surface area contributed by atoms with Crippen molar-refractivity contribution in [3.05, 3.63) is 23.8 Å². The van der Waals surface area contributed by atoms with Crippen molar-refractivity contribution in [3.8, 4) is 0 Å². The predicted octanol–water partition coefficient (Wildman–Crippen LogP) is 4.73. The van der Waals surface area contributed by atoms with E-state index in [1.54, 1.807) is 6.08 Å². The summed E-state index contributed by atoms with van der Waals surface area (Å²) in [6.45, 7) is 17.1. The van der Waals surface area contributed by atoms with Gasteiger partial charge < -0.3 is 14.6 Å². The van der Waals surface area contributed by atoms with Crippen LogP contribution in [0.5, 0.6) is 0 Å². The van der Waals surface area contributed by atoms with Crippen LogP contribution in [0.15, 0.2) is 23.8 Å². The van der Waals surface area contributed by atoms with Crippen molar-refractivity contribution >= 4 is 11.9 Å². The maximum Gasteiger partial charge on any atom is 0.303 e. The van der Waals surface area contributed by atoms with Crippen molar-refractivity contribution in [2.45, 2.75) is 98.4 Å². The van der Waals surface area contributed by atoms with Crippen LogP contribution >= 0.6 is 0 Å². The van der Waals surface area contributed by atoms with E-state index in [9.17, 15) is 14.7 Å². The Labute approximate surface area is 175 Å². The van der Waals surface area contributed by atoms with Crippen molar-refractivity contribution in [1.29, 1.82) is 0 Å². The molecule has 2 aliphatic carbocycles. The van der Waals surface area contributed by atoms with Gasteiger partial charge in [-0.1, -0.05) is 39.8 Å². The molecule has 1 unspecified atom stereocenters. The second kappa shape index (κ2) is 8.25. The number of allylic oxidation sites excluding steroid dienone is 1. The van der Waals surface area contributed by atoms with Gasteiger partial charge in [0.05, 0.1) is 0 Å². The number of aliphatic hydroxyl groups is 1. The maximum atomic E-state index is 11.8. The molecule has 0 saturated heterocycles. The minimum atomic E-state index is -0.786. The summed E-state index contributed by atoms with van der Waals surface area (Å²) in [5.74, 6) is -0.779. The standard InChI is InChI=1S/C24H38O5/c1-9-23(7,29-17(4)26)13-14-24(8)15(2)21(28-16(3)25)20(27)19-18(24)11-10-12-22(19,5)6/h9,15,20-21,27H,1,10-14H2,2-8H3/t15-,20+,21-,23?,24-/m1/s1. The molecule has 164 valence electrons. The Hall–Kier alpha value is -1.62. The van der Waals surface area contributed by atoms with E-state index >= 15 is 0 Å². The Morgan fingerprint density at radius 3 is 2.41 bits per heavy atom. The van der Waals surface area contributed by atoms with Crippen molar-refractivity contribution in [3.63, 3.8) is 0 Å². The van der Waals surface area contributed by atoms with Gasteiger partial charge in [-0.05, 0) is 61.5 Å². The molecule has 0 aromatic rings. The Balaban J connectivity index is 2.50. The number of carbonyl (C=O) groups excluding carboxylic acids is 2. The predicted molar refractivity (Wildman–Crippen MR) is 113 cm³/mol. The van der Waals surface area contributed by atoms with Crippen LogP contribution in [-0.2, 0) is 19.1 Å². The van der Waals surface area contributed by atoms with Crippen LogP contribution in [0, 0.1) is 16.7 Å². The molecule has 0 fully saturated rings. The molecule has 5 heteroatoms. The minimum Gasteiger partial charge on any atom is -0.459 e. The number of esters is 2. The van der Waals surface area contributed by atoms with Crippen molar-refractivity contribution in [2.75, 3.05) is 0 Å². The summed E-state index contributed by atoms with van der Waals surface area (Å²) in [6, 6.07) is 0. The summed E-state index contributed by atoms with van der Waals surface area (Å²) < 4.78 is 11.2. The van der Waals surface area contributed by atoms with E-state index in [0.717, 1.165) is 31.3 Å². The average molecular weight is 407 g/mol. The molecule has 1 N–H and O–H groups in total. The molecule has 0 aromatic heterocycles. The molecule has 0 aliphatic heterocycles. The first kappa shape index (κ1) is 23.7. The molecular formula is C24H38O5. The van der Waals surface area contributed by atoms with Crippen LogP contribution in [0.2, 0.25) is 0 Å². The molecule has 0 heterocycles. The van der Waals surface area contributed by atoms with Crippen LogP contribution in [0.1, 0.15) is 80.6 Å². The fourth-order valence-corrected chi connectivity index (χ4v) is 5.40. The van der Waals surface area contributed by atoms with Crippen LogP contribution in [0.4, 0.5) is 0 Å². The lowest BCUT2D eigenvalue weighted by Crippen LogP contribution is -2.53. The lowest BCUT2D eigenvalue weighted by atomic mass is 9.53. The monoisotopic (exact) mass is 406 g/mol. The first-order valence-electron chi connectivity index (χ1n) is 10.7. The van der Waals surface area contributed by atoms with Crippen LogP contribution in [0.3, 0.4) is 0 Å². The van der Waals surface area contributed by atoms with Gasteiger partial charge in [0.2, 0.25) is 0 Å². The molecular weight excluding hydrogens is 368 g/mol. The number of carbonyl (C=O) groups is 2. The summed E-state index contributed by atoms with van der Waals surface area (Å²) in [5.41, 5.74) is 1.13. The van der Waals surface area contributed by atoms with Gasteiger partial charge >= 0.3 is 11.9 Å². The van der Waals surface area contributed by atoms with E-state index in [0.29, 0.717) is 6.42 Å². The normalized spacial score (nSPS) is 33.3. The molecule has 5 atom stereocenters. The number of aliphatic hydroxyl groups excluding tert-OH is 1. The highest BCUT2D eigenvalue weighted by molar-refractivity contribution is 5.67. The molecule has 0 amide bonds. The largest absolute Gasteiger partial charge is 0.459 e. The van der Waals surface area contributed by atoms with Crippen molar-refractivity contribution in [2.24, 2.45) is 16.7 Å². The zero-order valence-corrected chi connectivity index (χ0v) is 19.1. The summed E-state index contributed by atoms with van der Waals surface area (Å²) >= 11 is 0. The zero-order chi connectivity index (χ0) is 22.2. The molecule has 0 bridgehead atoms. The first-order valence-corrected chi connectivity index (χ1v) is 10.7. The van der Waals surface area contributed by atoms with E-state index in [4.69, 9.17) is 9.47 Å². The molecule has 0 aromatic carbocycles. The topological polar surface area (TPSA) is 72.8 Å². The van der Waals surface area contributed by atoms with Gasteiger partial charge in [0.1, 0.15) is 17.8 Å². The molecule has 0 spiro atoms. The summed E-state index contributed by atoms with van der Waals surface area (Å²) in [4.78, 5) is 23.4. The second-order valence-corrected chi connectivity index (χ2v) is 9.97.